The summed E-state index contributed by atoms with van der Waals surface area (Å²) in [4.78, 5) is 0. The summed E-state index contributed by atoms with van der Waals surface area (Å²) in [5.41, 5.74) is -0.399. The monoisotopic (exact) mass is 216 g/mol. The van der Waals surface area contributed by atoms with Crippen molar-refractivity contribution in [3.05, 3.63) is 0 Å². The number of rotatable bonds is 9. The highest BCUT2D eigenvalue weighted by Gasteiger charge is 2.24. The van der Waals surface area contributed by atoms with Crippen LogP contribution >= 0.6 is 0 Å². The molecule has 92 valence electrons. The molecule has 0 saturated heterocycles. The van der Waals surface area contributed by atoms with E-state index >= 15 is 0 Å². The summed E-state index contributed by atoms with van der Waals surface area (Å²) < 4.78 is 5.65. The number of hydrogen-bond acceptors (Lipinski definition) is 2. The minimum absolute atomic E-state index is 0.399. The zero-order valence-corrected chi connectivity index (χ0v) is 10.9. The van der Waals surface area contributed by atoms with Crippen LogP contribution in [0, 0.1) is 0 Å². The molecule has 2 nitrogen and oxygen atoms in total. The van der Waals surface area contributed by atoms with Crippen LogP contribution in [0.4, 0.5) is 0 Å². The minimum atomic E-state index is -0.405. The second-order valence-corrected chi connectivity index (χ2v) is 4.90. The Bertz CT molecular complexity index is 141. The van der Waals surface area contributed by atoms with Gasteiger partial charge < -0.3 is 9.84 Å². The molecule has 0 amide bonds. The normalized spacial score (nSPS) is 14.2. The molecule has 0 bridgehead atoms. The van der Waals surface area contributed by atoms with Crippen LogP contribution in [0.15, 0.2) is 0 Å². The standard InChI is InChI=1S/C13H28O2/c1-5-6-7-8-9-10-11-15-13(3,4)12(2)14/h12,14H,5-11H2,1-4H3. The van der Waals surface area contributed by atoms with Crippen LogP contribution in [0.1, 0.15) is 66.2 Å². The van der Waals surface area contributed by atoms with Gasteiger partial charge in [0.15, 0.2) is 0 Å². The molecule has 0 aromatic heterocycles. The Hall–Kier alpha value is -0.0800. The maximum atomic E-state index is 9.43. The molecule has 0 aliphatic carbocycles. The molecule has 0 fully saturated rings. The van der Waals surface area contributed by atoms with Crippen molar-refractivity contribution in [1.82, 2.24) is 0 Å². The van der Waals surface area contributed by atoms with Gasteiger partial charge in [0.1, 0.15) is 0 Å². The van der Waals surface area contributed by atoms with Crippen molar-refractivity contribution >= 4 is 0 Å². The first kappa shape index (κ1) is 14.9. The average Bonchev–Trinajstić information content (AvgIpc) is 2.16. The number of unbranched alkanes of at least 4 members (excludes halogenated alkanes) is 5. The van der Waals surface area contributed by atoms with Crippen LogP contribution in [0.5, 0.6) is 0 Å². The molecule has 1 unspecified atom stereocenters. The smallest absolute Gasteiger partial charge is 0.0881 e. The fourth-order valence-electron chi connectivity index (χ4n) is 1.34. The molecule has 0 aromatic rings. The summed E-state index contributed by atoms with van der Waals surface area (Å²) in [6, 6.07) is 0. The molecule has 0 heterocycles. The molecule has 1 atom stereocenters. The van der Waals surface area contributed by atoms with Gasteiger partial charge in [-0.2, -0.15) is 0 Å². The molecule has 0 aliphatic heterocycles. The van der Waals surface area contributed by atoms with Gasteiger partial charge >= 0.3 is 0 Å². The van der Waals surface area contributed by atoms with Gasteiger partial charge in [-0.1, -0.05) is 39.0 Å². The molecule has 0 spiro atoms. The lowest BCUT2D eigenvalue weighted by Crippen LogP contribution is -2.37. The van der Waals surface area contributed by atoms with Gasteiger partial charge in [0, 0.05) is 6.61 Å². The van der Waals surface area contributed by atoms with E-state index in [2.05, 4.69) is 6.92 Å². The summed E-state index contributed by atoms with van der Waals surface area (Å²) >= 11 is 0. The van der Waals surface area contributed by atoms with Gasteiger partial charge in [-0.25, -0.2) is 0 Å². The lowest BCUT2D eigenvalue weighted by atomic mass is 10.0. The van der Waals surface area contributed by atoms with E-state index in [1.165, 1.54) is 32.1 Å². The maximum absolute atomic E-state index is 9.43. The quantitative estimate of drug-likeness (QED) is 0.597. The van der Waals surface area contributed by atoms with Crippen molar-refractivity contribution in [1.29, 1.82) is 0 Å². The van der Waals surface area contributed by atoms with Crippen molar-refractivity contribution in [3.8, 4) is 0 Å². The Morgan fingerprint density at radius 2 is 1.60 bits per heavy atom. The molecule has 1 N–H and O–H groups in total. The van der Waals surface area contributed by atoms with Gasteiger partial charge in [-0.15, -0.1) is 0 Å². The third-order valence-electron chi connectivity index (χ3n) is 2.98. The number of aliphatic hydroxyl groups is 1. The lowest BCUT2D eigenvalue weighted by Gasteiger charge is -2.28. The maximum Gasteiger partial charge on any atom is 0.0881 e. The van der Waals surface area contributed by atoms with E-state index in [1.807, 2.05) is 13.8 Å². The van der Waals surface area contributed by atoms with Gasteiger partial charge in [0.25, 0.3) is 0 Å². The van der Waals surface area contributed by atoms with Crippen LogP contribution < -0.4 is 0 Å². The Morgan fingerprint density at radius 3 is 2.13 bits per heavy atom. The highest BCUT2D eigenvalue weighted by atomic mass is 16.5. The first-order valence-corrected chi connectivity index (χ1v) is 6.32. The van der Waals surface area contributed by atoms with E-state index in [1.54, 1.807) is 6.92 Å². The molecule has 15 heavy (non-hydrogen) atoms. The van der Waals surface area contributed by atoms with Crippen LogP contribution in [0.2, 0.25) is 0 Å². The summed E-state index contributed by atoms with van der Waals surface area (Å²) in [5, 5.41) is 9.43. The van der Waals surface area contributed by atoms with Crippen LogP contribution in [-0.2, 0) is 4.74 Å². The minimum Gasteiger partial charge on any atom is -0.390 e. The average molecular weight is 216 g/mol. The van der Waals surface area contributed by atoms with E-state index in [0.29, 0.717) is 0 Å². The summed E-state index contributed by atoms with van der Waals surface area (Å²) in [6.45, 7) is 8.66. The van der Waals surface area contributed by atoms with E-state index < -0.39 is 11.7 Å². The molecule has 0 aromatic carbocycles. The molecule has 0 rings (SSSR count). The zero-order valence-electron chi connectivity index (χ0n) is 10.9. The fraction of sp³-hybridized carbons (Fsp3) is 1.00. The Morgan fingerprint density at radius 1 is 1.07 bits per heavy atom. The third kappa shape index (κ3) is 7.80. The van der Waals surface area contributed by atoms with Crippen molar-refractivity contribution in [2.45, 2.75) is 77.9 Å². The second-order valence-electron chi connectivity index (χ2n) is 4.90. The van der Waals surface area contributed by atoms with Crippen LogP contribution in [0.3, 0.4) is 0 Å². The number of aliphatic hydroxyl groups excluding tert-OH is 1. The Labute approximate surface area is 95.0 Å². The van der Waals surface area contributed by atoms with Crippen LogP contribution in [-0.4, -0.2) is 23.4 Å². The first-order chi connectivity index (χ1) is 7.00. The summed E-state index contributed by atoms with van der Waals surface area (Å²) in [5.74, 6) is 0. The second kappa shape index (κ2) is 8.12. The van der Waals surface area contributed by atoms with Crippen LogP contribution in [0.25, 0.3) is 0 Å². The lowest BCUT2D eigenvalue weighted by molar-refractivity contribution is -0.0940. The number of ether oxygens (including phenoxy) is 1. The molecule has 0 radical (unpaired) electrons. The SMILES string of the molecule is CCCCCCCCOC(C)(C)C(C)O. The van der Waals surface area contributed by atoms with Gasteiger partial charge in [-0.3, -0.25) is 0 Å². The van der Waals surface area contributed by atoms with E-state index in [0.717, 1.165) is 13.0 Å². The fourth-order valence-corrected chi connectivity index (χ4v) is 1.34. The van der Waals surface area contributed by atoms with E-state index in [4.69, 9.17) is 4.74 Å². The van der Waals surface area contributed by atoms with Gasteiger partial charge in [0.05, 0.1) is 11.7 Å². The van der Waals surface area contributed by atoms with Gasteiger partial charge in [0.2, 0.25) is 0 Å². The predicted molar refractivity (Wildman–Crippen MR) is 65.1 cm³/mol. The molecule has 2 heteroatoms. The highest BCUT2D eigenvalue weighted by Crippen LogP contribution is 2.15. The van der Waals surface area contributed by atoms with E-state index in [-0.39, 0.29) is 0 Å². The van der Waals surface area contributed by atoms with Crippen molar-refractivity contribution < 1.29 is 9.84 Å². The Balaban J connectivity index is 3.31. The van der Waals surface area contributed by atoms with Crippen molar-refractivity contribution in [2.24, 2.45) is 0 Å². The number of hydrogen-bond donors (Lipinski definition) is 1. The summed E-state index contributed by atoms with van der Waals surface area (Å²) in [7, 11) is 0. The predicted octanol–water partition coefficient (Wildman–Crippen LogP) is 3.52. The highest BCUT2D eigenvalue weighted by molar-refractivity contribution is 4.74. The summed E-state index contributed by atoms with van der Waals surface area (Å²) in [6.07, 6.45) is 7.25. The zero-order chi connectivity index (χ0) is 11.7. The molecular weight excluding hydrogens is 188 g/mol. The Kier molecular flexibility index (Phi) is 8.07. The molecule has 0 saturated carbocycles. The largest absolute Gasteiger partial charge is 0.390 e. The van der Waals surface area contributed by atoms with Gasteiger partial charge in [-0.05, 0) is 27.2 Å². The first-order valence-electron chi connectivity index (χ1n) is 6.32. The van der Waals surface area contributed by atoms with E-state index in [9.17, 15) is 5.11 Å². The third-order valence-corrected chi connectivity index (χ3v) is 2.98. The topological polar surface area (TPSA) is 29.5 Å². The molecule has 0 aliphatic rings. The van der Waals surface area contributed by atoms with Crippen molar-refractivity contribution in [3.63, 3.8) is 0 Å². The molecular formula is C13H28O2. The van der Waals surface area contributed by atoms with Crippen molar-refractivity contribution in [2.75, 3.05) is 6.61 Å².